The summed E-state index contributed by atoms with van der Waals surface area (Å²) >= 11 is 5.96. The van der Waals surface area contributed by atoms with Crippen LogP contribution in [0.2, 0.25) is 5.02 Å². The lowest BCUT2D eigenvalue weighted by atomic mass is 9.88. The Hall–Kier alpha value is -1.79. The molecule has 22 heavy (non-hydrogen) atoms. The van der Waals surface area contributed by atoms with Gasteiger partial charge in [-0.25, -0.2) is 4.99 Å². The zero-order valence-electron chi connectivity index (χ0n) is 11.9. The number of rotatable bonds is 1. The highest BCUT2D eigenvalue weighted by Crippen LogP contribution is 2.41. The van der Waals surface area contributed by atoms with Crippen LogP contribution in [0.25, 0.3) is 11.1 Å². The first-order valence-corrected chi connectivity index (χ1v) is 7.87. The molecule has 2 fully saturated rings. The van der Waals surface area contributed by atoms with Crippen LogP contribution in [0.5, 0.6) is 0 Å². The normalized spacial score (nSPS) is 32.7. The van der Waals surface area contributed by atoms with Crippen LogP contribution >= 0.6 is 11.6 Å². The van der Waals surface area contributed by atoms with Crippen LogP contribution in [0.1, 0.15) is 6.42 Å². The van der Waals surface area contributed by atoms with E-state index < -0.39 is 0 Å². The molecule has 2 bridgehead atoms. The predicted octanol–water partition coefficient (Wildman–Crippen LogP) is 2.35. The summed E-state index contributed by atoms with van der Waals surface area (Å²) in [5.74, 6) is 0.581. The lowest BCUT2D eigenvalue weighted by Crippen LogP contribution is -2.46. The standard InChI is InChI=1S/C15H15ClN4O2/c16-10-1-2-12-11(5-10)18-14(21-12)19-13-17-7-15(22-13)8-20-4-3-9(15)6-20/h1-2,5,9H,3-4,6-8H2,(H,17,18,19). The van der Waals surface area contributed by atoms with E-state index >= 15 is 0 Å². The first-order chi connectivity index (χ1) is 10.7. The van der Waals surface area contributed by atoms with E-state index in [-0.39, 0.29) is 5.60 Å². The summed E-state index contributed by atoms with van der Waals surface area (Å²) < 4.78 is 11.8. The fraction of sp³-hybridized carbons (Fsp3) is 0.467. The molecule has 3 aliphatic rings. The van der Waals surface area contributed by atoms with E-state index in [0.29, 0.717) is 40.6 Å². The number of anilines is 1. The summed E-state index contributed by atoms with van der Waals surface area (Å²) in [5, 5.41) is 3.68. The summed E-state index contributed by atoms with van der Waals surface area (Å²) in [6.07, 6.45) is 1.20. The Kier molecular flexibility index (Phi) is 2.52. The molecular formula is C15H15ClN4O2. The van der Waals surface area contributed by atoms with Gasteiger partial charge in [0.15, 0.2) is 5.58 Å². The van der Waals surface area contributed by atoms with E-state index in [1.165, 1.54) is 13.0 Å². The molecule has 7 heteroatoms. The highest BCUT2D eigenvalue weighted by Gasteiger charge is 2.54. The summed E-state index contributed by atoms with van der Waals surface area (Å²) in [7, 11) is 0. The molecule has 4 heterocycles. The summed E-state index contributed by atoms with van der Waals surface area (Å²) in [4.78, 5) is 11.3. The highest BCUT2D eigenvalue weighted by atomic mass is 35.5. The summed E-state index contributed by atoms with van der Waals surface area (Å²) in [6.45, 7) is 3.99. The van der Waals surface area contributed by atoms with Crippen molar-refractivity contribution in [2.45, 2.75) is 12.0 Å². The Morgan fingerprint density at radius 1 is 1.41 bits per heavy atom. The second-order valence-corrected chi connectivity index (χ2v) is 6.70. The number of hydrogen-bond acceptors (Lipinski definition) is 6. The Bertz CT molecular complexity index is 789. The second-order valence-electron chi connectivity index (χ2n) is 6.26. The molecule has 3 aliphatic heterocycles. The second kappa shape index (κ2) is 4.36. The molecule has 1 spiro atoms. The van der Waals surface area contributed by atoms with Crippen molar-refractivity contribution in [2.24, 2.45) is 10.9 Å². The monoisotopic (exact) mass is 318 g/mol. The third-order valence-corrected chi connectivity index (χ3v) is 5.10. The molecule has 2 aromatic rings. The minimum absolute atomic E-state index is 0.143. The molecule has 1 N–H and O–H groups in total. The number of fused-ring (bicyclic) bond motifs is 4. The molecule has 0 saturated carbocycles. The number of nitrogens with one attached hydrogen (secondary N) is 1. The van der Waals surface area contributed by atoms with Crippen molar-refractivity contribution in [3.8, 4) is 0 Å². The maximum absolute atomic E-state index is 6.14. The molecule has 0 aliphatic carbocycles. The van der Waals surface area contributed by atoms with Gasteiger partial charge < -0.3 is 9.15 Å². The number of ether oxygens (including phenoxy) is 1. The van der Waals surface area contributed by atoms with Crippen molar-refractivity contribution in [2.75, 3.05) is 31.5 Å². The van der Waals surface area contributed by atoms with Crippen molar-refractivity contribution in [3.05, 3.63) is 23.2 Å². The first-order valence-electron chi connectivity index (χ1n) is 7.49. The zero-order chi connectivity index (χ0) is 14.7. The summed E-state index contributed by atoms with van der Waals surface area (Å²) in [6, 6.07) is 6.25. The molecule has 0 amide bonds. The van der Waals surface area contributed by atoms with Gasteiger partial charge in [-0.05, 0) is 31.2 Å². The number of aromatic nitrogens is 1. The van der Waals surface area contributed by atoms with E-state index in [1.54, 1.807) is 18.2 Å². The Labute approximate surface area is 132 Å². The molecule has 6 nitrogen and oxygen atoms in total. The number of piperidine rings is 1. The quantitative estimate of drug-likeness (QED) is 0.874. The van der Waals surface area contributed by atoms with Crippen LogP contribution in [0.4, 0.5) is 6.01 Å². The molecule has 0 radical (unpaired) electrons. The summed E-state index contributed by atoms with van der Waals surface area (Å²) in [5.41, 5.74) is 1.26. The van der Waals surface area contributed by atoms with Crippen LogP contribution in [0.3, 0.4) is 0 Å². The number of oxazole rings is 1. The van der Waals surface area contributed by atoms with E-state index in [1.807, 2.05) is 0 Å². The average molecular weight is 319 g/mol. The van der Waals surface area contributed by atoms with Crippen LogP contribution in [0.15, 0.2) is 27.6 Å². The van der Waals surface area contributed by atoms with Crippen LogP contribution < -0.4 is 5.32 Å². The Morgan fingerprint density at radius 2 is 2.36 bits per heavy atom. The third kappa shape index (κ3) is 1.84. The zero-order valence-corrected chi connectivity index (χ0v) is 12.6. The van der Waals surface area contributed by atoms with Gasteiger partial charge in [0.25, 0.3) is 6.02 Å². The number of aliphatic imine (C=N–C) groups is 1. The largest absolute Gasteiger partial charge is 0.455 e. The number of amidine groups is 1. The van der Waals surface area contributed by atoms with Crippen molar-refractivity contribution in [1.29, 1.82) is 0 Å². The minimum atomic E-state index is -0.143. The Balaban J connectivity index is 1.35. The van der Waals surface area contributed by atoms with Gasteiger partial charge in [-0.1, -0.05) is 11.6 Å². The average Bonchev–Trinajstić information content (AvgIpc) is 3.23. The minimum Gasteiger partial charge on any atom is -0.455 e. The molecule has 114 valence electrons. The number of hydrogen-bond donors (Lipinski definition) is 1. The lowest BCUT2D eigenvalue weighted by Gasteiger charge is -2.31. The fourth-order valence-electron chi connectivity index (χ4n) is 3.78. The van der Waals surface area contributed by atoms with Crippen LogP contribution in [0, 0.1) is 5.92 Å². The third-order valence-electron chi connectivity index (χ3n) is 4.86. The maximum atomic E-state index is 6.14. The van der Waals surface area contributed by atoms with E-state index in [4.69, 9.17) is 20.8 Å². The molecule has 1 aromatic carbocycles. The van der Waals surface area contributed by atoms with Crippen molar-refractivity contribution >= 4 is 34.7 Å². The van der Waals surface area contributed by atoms with Gasteiger partial charge in [0.2, 0.25) is 0 Å². The molecular weight excluding hydrogens is 304 g/mol. The van der Waals surface area contributed by atoms with Gasteiger partial charge in [-0.2, -0.15) is 4.98 Å². The number of benzene rings is 1. The molecule has 2 saturated heterocycles. The Morgan fingerprint density at radius 3 is 3.18 bits per heavy atom. The van der Waals surface area contributed by atoms with Crippen LogP contribution in [-0.2, 0) is 4.74 Å². The topological polar surface area (TPSA) is 62.9 Å². The van der Waals surface area contributed by atoms with Gasteiger partial charge in [0.05, 0.1) is 6.54 Å². The SMILES string of the molecule is Clc1ccc2oc(NC3=NCC4(CN5CCC4C5)O3)nc2c1. The number of halogens is 1. The van der Waals surface area contributed by atoms with Gasteiger partial charge in [-0.15, -0.1) is 0 Å². The highest BCUT2D eigenvalue weighted by molar-refractivity contribution is 6.31. The molecule has 1 aromatic heterocycles. The molecule has 3 atom stereocenters. The van der Waals surface area contributed by atoms with Gasteiger partial charge in [0, 0.05) is 24.0 Å². The number of nitrogens with zero attached hydrogens (tertiary/aromatic N) is 3. The van der Waals surface area contributed by atoms with Gasteiger partial charge in [-0.3, -0.25) is 10.2 Å². The maximum Gasteiger partial charge on any atom is 0.303 e. The van der Waals surface area contributed by atoms with E-state index in [0.717, 1.165) is 13.1 Å². The first kappa shape index (κ1) is 12.7. The van der Waals surface area contributed by atoms with Crippen molar-refractivity contribution < 1.29 is 9.15 Å². The van der Waals surface area contributed by atoms with E-state index in [2.05, 4.69) is 20.2 Å². The fourth-order valence-corrected chi connectivity index (χ4v) is 3.95. The smallest absolute Gasteiger partial charge is 0.303 e. The molecule has 5 rings (SSSR count). The predicted molar refractivity (Wildman–Crippen MR) is 83.3 cm³/mol. The molecule has 3 unspecified atom stereocenters. The lowest BCUT2D eigenvalue weighted by molar-refractivity contribution is 0.0363. The van der Waals surface area contributed by atoms with Crippen LogP contribution in [-0.4, -0.2) is 47.7 Å². The van der Waals surface area contributed by atoms with Crippen molar-refractivity contribution in [3.63, 3.8) is 0 Å². The van der Waals surface area contributed by atoms with Crippen molar-refractivity contribution in [1.82, 2.24) is 9.88 Å². The van der Waals surface area contributed by atoms with Gasteiger partial charge >= 0.3 is 6.01 Å². The van der Waals surface area contributed by atoms with E-state index in [9.17, 15) is 0 Å². The van der Waals surface area contributed by atoms with Gasteiger partial charge in [0.1, 0.15) is 11.1 Å².